The SMILES string of the molecule is COC(=O)c1cc(Cl)cc(Cl)c1NCCCOc1ccc(Cl)c(C)c1. The highest BCUT2D eigenvalue weighted by Crippen LogP contribution is 2.30. The van der Waals surface area contributed by atoms with Gasteiger partial charge in [-0.2, -0.15) is 0 Å². The van der Waals surface area contributed by atoms with Gasteiger partial charge in [0.2, 0.25) is 0 Å². The third-order valence-electron chi connectivity index (χ3n) is 3.48. The van der Waals surface area contributed by atoms with Crippen LogP contribution in [0.25, 0.3) is 0 Å². The van der Waals surface area contributed by atoms with E-state index in [2.05, 4.69) is 5.32 Å². The van der Waals surface area contributed by atoms with Gasteiger partial charge in [-0.1, -0.05) is 34.8 Å². The molecule has 2 rings (SSSR count). The zero-order valence-electron chi connectivity index (χ0n) is 13.9. The Morgan fingerprint density at radius 3 is 2.56 bits per heavy atom. The van der Waals surface area contributed by atoms with Gasteiger partial charge in [0.25, 0.3) is 0 Å². The van der Waals surface area contributed by atoms with E-state index in [-0.39, 0.29) is 0 Å². The average Bonchev–Trinajstić information content (AvgIpc) is 2.58. The minimum absolute atomic E-state index is 0.300. The van der Waals surface area contributed by atoms with Crippen LogP contribution in [0.2, 0.25) is 15.1 Å². The fourth-order valence-corrected chi connectivity index (χ4v) is 2.88. The lowest BCUT2D eigenvalue weighted by Gasteiger charge is -2.13. The number of halogens is 3. The number of nitrogens with one attached hydrogen (secondary N) is 1. The Balaban J connectivity index is 1.91. The van der Waals surface area contributed by atoms with Crippen LogP contribution in [0.3, 0.4) is 0 Å². The number of ether oxygens (including phenoxy) is 2. The molecule has 7 heteroatoms. The number of rotatable bonds is 7. The summed E-state index contributed by atoms with van der Waals surface area (Å²) in [5, 5.41) is 4.58. The minimum atomic E-state index is -0.500. The minimum Gasteiger partial charge on any atom is -0.494 e. The number of carbonyl (C=O) groups excluding carboxylic acids is 1. The number of hydrogen-bond acceptors (Lipinski definition) is 4. The maximum absolute atomic E-state index is 11.9. The summed E-state index contributed by atoms with van der Waals surface area (Å²) >= 11 is 18.1. The number of carbonyl (C=O) groups is 1. The van der Waals surface area contributed by atoms with Gasteiger partial charge in [0.15, 0.2) is 0 Å². The molecule has 0 aliphatic heterocycles. The number of esters is 1. The van der Waals surface area contributed by atoms with E-state index in [1.165, 1.54) is 13.2 Å². The number of benzene rings is 2. The van der Waals surface area contributed by atoms with Crippen molar-refractivity contribution in [1.82, 2.24) is 0 Å². The molecule has 0 radical (unpaired) electrons. The molecule has 0 unspecified atom stereocenters. The van der Waals surface area contributed by atoms with E-state index in [9.17, 15) is 4.79 Å². The number of anilines is 1. The van der Waals surface area contributed by atoms with Gasteiger partial charge in [-0.25, -0.2) is 4.79 Å². The zero-order valence-corrected chi connectivity index (χ0v) is 16.1. The Morgan fingerprint density at radius 1 is 1.12 bits per heavy atom. The Morgan fingerprint density at radius 2 is 1.88 bits per heavy atom. The third kappa shape index (κ3) is 5.43. The summed E-state index contributed by atoms with van der Waals surface area (Å²) < 4.78 is 10.4. The molecule has 0 heterocycles. The highest BCUT2D eigenvalue weighted by molar-refractivity contribution is 6.37. The van der Waals surface area contributed by atoms with Crippen molar-refractivity contribution >= 4 is 46.5 Å². The van der Waals surface area contributed by atoms with Crippen molar-refractivity contribution in [2.45, 2.75) is 13.3 Å². The monoisotopic (exact) mass is 401 g/mol. The fourth-order valence-electron chi connectivity index (χ4n) is 2.21. The lowest BCUT2D eigenvalue weighted by molar-refractivity contribution is 0.0602. The summed E-state index contributed by atoms with van der Waals surface area (Å²) in [6.45, 7) is 3.00. The molecule has 0 saturated carbocycles. The number of aryl methyl sites for hydroxylation is 1. The van der Waals surface area contributed by atoms with Gasteiger partial charge in [0.1, 0.15) is 5.75 Å². The molecule has 0 aliphatic carbocycles. The number of hydrogen-bond donors (Lipinski definition) is 1. The van der Waals surface area contributed by atoms with Gasteiger partial charge < -0.3 is 14.8 Å². The van der Waals surface area contributed by atoms with Crippen LogP contribution in [0.4, 0.5) is 5.69 Å². The largest absolute Gasteiger partial charge is 0.494 e. The van der Waals surface area contributed by atoms with Crippen LogP contribution in [-0.4, -0.2) is 26.2 Å². The van der Waals surface area contributed by atoms with E-state index in [0.717, 1.165) is 11.3 Å². The summed E-state index contributed by atoms with van der Waals surface area (Å²) in [7, 11) is 1.31. The van der Waals surface area contributed by atoms with Crippen LogP contribution in [-0.2, 0) is 4.74 Å². The van der Waals surface area contributed by atoms with E-state index in [1.54, 1.807) is 12.1 Å². The molecule has 2 aromatic rings. The molecular weight excluding hydrogens is 385 g/mol. The molecule has 0 aromatic heterocycles. The molecule has 25 heavy (non-hydrogen) atoms. The quantitative estimate of drug-likeness (QED) is 0.482. The molecule has 0 saturated heterocycles. The standard InChI is InChI=1S/C18H18Cl3NO3/c1-11-8-13(4-5-15(11)20)25-7-3-6-22-17-14(18(23)24-2)9-12(19)10-16(17)21/h4-5,8-10,22H,3,6-7H2,1-2H3. The molecule has 0 amide bonds. The van der Waals surface area contributed by atoms with E-state index >= 15 is 0 Å². The molecule has 134 valence electrons. The molecule has 0 aliphatic rings. The summed E-state index contributed by atoms with van der Waals surface area (Å²) in [5.41, 5.74) is 1.77. The Hall–Kier alpha value is -1.62. The maximum Gasteiger partial charge on any atom is 0.340 e. The third-order valence-corrected chi connectivity index (χ3v) is 4.42. The van der Waals surface area contributed by atoms with Gasteiger partial charge in [-0.15, -0.1) is 0 Å². The Bertz CT molecular complexity index is 765. The maximum atomic E-state index is 11.9. The lowest BCUT2D eigenvalue weighted by Crippen LogP contribution is -2.12. The molecule has 0 spiro atoms. The smallest absolute Gasteiger partial charge is 0.340 e. The van der Waals surface area contributed by atoms with Crippen molar-refractivity contribution in [3.05, 3.63) is 56.5 Å². The van der Waals surface area contributed by atoms with Crippen molar-refractivity contribution in [2.75, 3.05) is 25.6 Å². The van der Waals surface area contributed by atoms with Crippen LogP contribution in [0.5, 0.6) is 5.75 Å². The number of methoxy groups -OCH3 is 1. The van der Waals surface area contributed by atoms with Crippen LogP contribution in [0.15, 0.2) is 30.3 Å². The Kier molecular flexibility index (Phi) is 7.24. The summed E-state index contributed by atoms with van der Waals surface area (Å²) in [6.07, 6.45) is 0.710. The van der Waals surface area contributed by atoms with Crippen molar-refractivity contribution < 1.29 is 14.3 Å². The van der Waals surface area contributed by atoms with Crippen molar-refractivity contribution in [2.24, 2.45) is 0 Å². The van der Waals surface area contributed by atoms with Crippen LogP contribution < -0.4 is 10.1 Å². The first-order chi connectivity index (χ1) is 11.9. The second-order valence-electron chi connectivity index (χ2n) is 5.34. The predicted octanol–water partition coefficient (Wildman–Crippen LogP) is 5.62. The topological polar surface area (TPSA) is 47.6 Å². The molecule has 4 nitrogen and oxygen atoms in total. The summed E-state index contributed by atoms with van der Waals surface area (Å²) in [5.74, 6) is 0.265. The van der Waals surface area contributed by atoms with Gasteiger partial charge in [0.05, 0.1) is 30.0 Å². The van der Waals surface area contributed by atoms with E-state index in [0.29, 0.717) is 45.9 Å². The van der Waals surface area contributed by atoms with Crippen molar-refractivity contribution in [1.29, 1.82) is 0 Å². The molecule has 0 atom stereocenters. The highest BCUT2D eigenvalue weighted by Gasteiger charge is 2.16. The van der Waals surface area contributed by atoms with E-state index in [1.807, 2.05) is 19.1 Å². The molecular formula is C18H18Cl3NO3. The molecule has 2 aromatic carbocycles. The molecule has 0 fully saturated rings. The van der Waals surface area contributed by atoms with Crippen LogP contribution in [0, 0.1) is 6.92 Å². The normalized spacial score (nSPS) is 10.4. The van der Waals surface area contributed by atoms with E-state index in [4.69, 9.17) is 44.3 Å². The van der Waals surface area contributed by atoms with Crippen LogP contribution >= 0.6 is 34.8 Å². The fraction of sp³-hybridized carbons (Fsp3) is 0.278. The predicted molar refractivity (Wildman–Crippen MR) is 103 cm³/mol. The van der Waals surface area contributed by atoms with Gasteiger partial charge in [0, 0.05) is 16.6 Å². The summed E-state index contributed by atoms with van der Waals surface area (Å²) in [4.78, 5) is 11.9. The first-order valence-corrected chi connectivity index (χ1v) is 8.76. The van der Waals surface area contributed by atoms with Crippen molar-refractivity contribution in [3.8, 4) is 5.75 Å². The lowest BCUT2D eigenvalue weighted by atomic mass is 10.1. The van der Waals surface area contributed by atoms with E-state index < -0.39 is 5.97 Å². The molecule has 1 N–H and O–H groups in total. The zero-order chi connectivity index (χ0) is 18.4. The van der Waals surface area contributed by atoms with Crippen LogP contribution in [0.1, 0.15) is 22.3 Å². The first-order valence-electron chi connectivity index (χ1n) is 7.62. The van der Waals surface area contributed by atoms with Gasteiger partial charge >= 0.3 is 5.97 Å². The van der Waals surface area contributed by atoms with Gasteiger partial charge in [-0.3, -0.25) is 0 Å². The second kappa shape index (κ2) is 9.18. The second-order valence-corrected chi connectivity index (χ2v) is 6.59. The van der Waals surface area contributed by atoms with Gasteiger partial charge in [-0.05, 0) is 49.2 Å². The van der Waals surface area contributed by atoms with Crippen molar-refractivity contribution in [3.63, 3.8) is 0 Å². The average molecular weight is 403 g/mol. The molecule has 0 bridgehead atoms. The highest BCUT2D eigenvalue weighted by atomic mass is 35.5. The first kappa shape index (κ1) is 19.7. The summed E-state index contributed by atoms with van der Waals surface area (Å²) in [6, 6.07) is 8.62. The Labute approximate surface area is 162 Å².